The third-order valence-electron chi connectivity index (χ3n) is 11.5. The molecule has 1 amide bonds. The topological polar surface area (TPSA) is 185 Å². The molecule has 322 valence electrons. The lowest BCUT2D eigenvalue weighted by atomic mass is 9.96. The van der Waals surface area contributed by atoms with Crippen molar-refractivity contribution in [1.29, 1.82) is 0 Å². The van der Waals surface area contributed by atoms with Crippen LogP contribution in [0.15, 0.2) is 54.9 Å². The Morgan fingerprint density at radius 2 is 1.58 bits per heavy atom. The number of unbranched alkanes of at least 4 members (excludes halogenated alkanes) is 1. The number of benzene rings is 2. The molecule has 3 fully saturated rings. The zero-order valence-electron chi connectivity index (χ0n) is 33.5. The minimum atomic E-state index is -1.71. The summed E-state index contributed by atoms with van der Waals surface area (Å²) in [4.78, 5) is 33.8. The number of piperazine rings is 1. The molecule has 13 nitrogen and oxygen atoms in total. The predicted octanol–water partition coefficient (Wildman–Crippen LogP) is 4.03. The molecular formula is C44H58Cl2N4O9. The first-order chi connectivity index (χ1) is 28.5. The second-order valence-electron chi connectivity index (χ2n) is 16.1. The quantitative estimate of drug-likeness (QED) is 0.0713. The number of para-hydroxylation sites is 1. The van der Waals surface area contributed by atoms with Gasteiger partial charge in [-0.05, 0) is 92.3 Å². The van der Waals surface area contributed by atoms with Crippen molar-refractivity contribution in [2.24, 2.45) is 0 Å². The van der Waals surface area contributed by atoms with Crippen molar-refractivity contribution < 1.29 is 44.6 Å². The molecule has 0 spiro atoms. The van der Waals surface area contributed by atoms with Crippen LogP contribution < -0.4 is 10.1 Å². The third kappa shape index (κ3) is 12.9. The summed E-state index contributed by atoms with van der Waals surface area (Å²) in [5, 5.41) is 52.4. The van der Waals surface area contributed by atoms with Crippen molar-refractivity contribution in [3.63, 3.8) is 0 Å². The summed E-state index contributed by atoms with van der Waals surface area (Å²) in [7, 11) is 0. The van der Waals surface area contributed by atoms with Crippen LogP contribution in [-0.2, 0) is 33.0 Å². The van der Waals surface area contributed by atoms with Gasteiger partial charge in [-0.25, -0.2) is 0 Å². The Morgan fingerprint density at radius 3 is 2.31 bits per heavy atom. The normalized spacial score (nSPS) is 18.8. The summed E-state index contributed by atoms with van der Waals surface area (Å²) in [5.41, 5.74) is 4.48. The zero-order chi connectivity index (χ0) is 41.9. The monoisotopic (exact) mass is 856 g/mol. The molecule has 3 aliphatic rings. The van der Waals surface area contributed by atoms with E-state index in [1.54, 1.807) is 0 Å². The van der Waals surface area contributed by atoms with Crippen LogP contribution in [0.1, 0.15) is 74.5 Å². The lowest BCUT2D eigenvalue weighted by Crippen LogP contribution is -2.49. The number of amides is 1. The summed E-state index contributed by atoms with van der Waals surface area (Å²) in [5.74, 6) is 0.786. The number of Topliss-reactive ketones (excluding diaryl/α,β-unsaturated/α-hetero) is 1. The Hall–Kier alpha value is -3.21. The van der Waals surface area contributed by atoms with Gasteiger partial charge in [0, 0.05) is 85.7 Å². The molecule has 0 radical (unpaired) electrons. The molecule has 2 heterocycles. The van der Waals surface area contributed by atoms with Gasteiger partial charge in [0.1, 0.15) is 29.8 Å². The van der Waals surface area contributed by atoms with Gasteiger partial charge in [0.05, 0.1) is 37.6 Å². The Labute approximate surface area is 356 Å². The summed E-state index contributed by atoms with van der Waals surface area (Å²) < 4.78 is 12.9. The van der Waals surface area contributed by atoms with E-state index in [0.29, 0.717) is 62.1 Å². The van der Waals surface area contributed by atoms with Crippen molar-refractivity contribution in [3.8, 4) is 16.9 Å². The van der Waals surface area contributed by atoms with Gasteiger partial charge >= 0.3 is 0 Å². The van der Waals surface area contributed by atoms with Gasteiger partial charge in [-0.15, -0.1) is 0 Å². The minimum Gasteiger partial charge on any atom is -0.490 e. The number of ketones is 1. The van der Waals surface area contributed by atoms with E-state index < -0.39 is 36.6 Å². The maximum Gasteiger partial charge on any atom is 0.220 e. The van der Waals surface area contributed by atoms with Gasteiger partial charge in [-0.3, -0.25) is 24.4 Å². The van der Waals surface area contributed by atoms with E-state index in [-0.39, 0.29) is 37.2 Å². The average molecular weight is 858 g/mol. The number of aliphatic hydroxyl groups excluding tert-OH is 5. The first kappa shape index (κ1) is 45.3. The molecule has 6 N–H and O–H groups in total. The highest BCUT2D eigenvalue weighted by Crippen LogP contribution is 2.53. The third-order valence-corrected chi connectivity index (χ3v) is 12.2. The van der Waals surface area contributed by atoms with Crippen molar-refractivity contribution >= 4 is 34.9 Å². The molecule has 2 saturated carbocycles. The number of hydrogen-bond acceptors (Lipinski definition) is 12. The van der Waals surface area contributed by atoms with Crippen molar-refractivity contribution in [2.75, 3.05) is 52.4 Å². The molecule has 1 aromatic heterocycles. The number of rotatable bonds is 24. The summed E-state index contributed by atoms with van der Waals surface area (Å²) in [6.45, 7) is 3.89. The number of aromatic nitrogens is 1. The maximum absolute atomic E-state index is 12.6. The van der Waals surface area contributed by atoms with Crippen LogP contribution in [0.25, 0.3) is 11.1 Å². The molecule has 2 aliphatic carbocycles. The van der Waals surface area contributed by atoms with E-state index in [2.05, 4.69) is 21.3 Å². The number of hydrogen-bond donors (Lipinski definition) is 6. The number of carbonyl (C=O) groups excluding carboxylic acids is 2. The lowest BCUT2D eigenvalue weighted by molar-refractivity contribution is -0.126. The van der Waals surface area contributed by atoms with E-state index in [1.165, 1.54) is 0 Å². The molecule has 1 aliphatic heterocycles. The maximum atomic E-state index is 12.6. The van der Waals surface area contributed by atoms with Crippen molar-refractivity contribution in [3.05, 3.63) is 81.6 Å². The lowest BCUT2D eigenvalue weighted by Gasteiger charge is -2.34. The Kier molecular flexibility index (Phi) is 16.5. The number of pyridine rings is 1. The number of aryl methyl sites for hydroxylation is 1. The molecule has 4 atom stereocenters. The van der Waals surface area contributed by atoms with Crippen LogP contribution in [0.2, 0.25) is 10.0 Å². The summed E-state index contributed by atoms with van der Waals surface area (Å²) >= 11 is 13.5. The van der Waals surface area contributed by atoms with E-state index >= 15 is 0 Å². The van der Waals surface area contributed by atoms with E-state index in [1.807, 2.05) is 53.7 Å². The molecule has 2 aromatic carbocycles. The molecule has 59 heavy (non-hydrogen) atoms. The Bertz CT molecular complexity index is 1850. The Balaban J connectivity index is 0.860. The second-order valence-corrected chi connectivity index (χ2v) is 16.9. The van der Waals surface area contributed by atoms with Gasteiger partial charge in [0.2, 0.25) is 5.91 Å². The van der Waals surface area contributed by atoms with Crippen LogP contribution >= 0.6 is 23.2 Å². The first-order valence-corrected chi connectivity index (χ1v) is 21.6. The van der Waals surface area contributed by atoms with Crippen molar-refractivity contribution in [2.45, 2.75) is 107 Å². The Morgan fingerprint density at radius 1 is 0.881 bits per heavy atom. The van der Waals surface area contributed by atoms with Gasteiger partial charge in [-0.2, -0.15) is 0 Å². The second kappa shape index (κ2) is 21.5. The highest BCUT2D eigenvalue weighted by atomic mass is 35.5. The molecular weight excluding hydrogens is 799 g/mol. The average Bonchev–Trinajstić information content (AvgIpc) is 4.20. The molecule has 0 unspecified atom stereocenters. The predicted molar refractivity (Wildman–Crippen MR) is 224 cm³/mol. The minimum absolute atomic E-state index is 0.00117. The van der Waals surface area contributed by atoms with Crippen LogP contribution in [-0.4, -0.2) is 135 Å². The van der Waals surface area contributed by atoms with E-state index in [0.717, 1.165) is 78.8 Å². The summed E-state index contributed by atoms with van der Waals surface area (Å²) in [6.07, 6.45) is 4.15. The van der Waals surface area contributed by atoms with Crippen LogP contribution in [0.3, 0.4) is 0 Å². The zero-order valence-corrected chi connectivity index (χ0v) is 35.0. The fourth-order valence-electron chi connectivity index (χ4n) is 7.49. The van der Waals surface area contributed by atoms with E-state index in [4.69, 9.17) is 37.8 Å². The number of halogens is 2. The first-order valence-electron chi connectivity index (χ1n) is 20.8. The number of aliphatic hydroxyl groups is 5. The largest absolute Gasteiger partial charge is 0.490 e. The highest BCUT2D eigenvalue weighted by molar-refractivity contribution is 6.34. The number of nitrogens with zero attached hydrogens (tertiary/aromatic N) is 3. The van der Waals surface area contributed by atoms with Crippen LogP contribution in [0.5, 0.6) is 5.75 Å². The van der Waals surface area contributed by atoms with Crippen LogP contribution in [0, 0.1) is 0 Å². The standard InChI is InChI=1S/C44H58Cl2N4O9/c45-36-24-30(28-58-44(14-15-44)35-25-47-16-13-33(35)34-6-2-3-7-40(34)59-32-10-11-32)37(46)23-29(36)5-1-4-8-41(55)48-17-18-49-19-21-50(22-20-49)26-31(52)9-12-38(53)42(56)43(57)39(54)27-51/h2-3,6-7,13,16,23-25,32,38-39,42-43,51,53-54,56-57H,1,4-5,8-12,14-15,17-22,26-28H2,(H,48,55)/t38-,39+,42+,43+/m0/s1. The number of nitrogens with one attached hydrogen (secondary N) is 1. The fraction of sp³-hybridized carbons (Fsp3) is 0.568. The highest BCUT2D eigenvalue weighted by Gasteiger charge is 2.48. The summed E-state index contributed by atoms with van der Waals surface area (Å²) in [6, 6.07) is 14.0. The number of carbonyl (C=O) groups is 2. The number of ether oxygens (including phenoxy) is 2. The molecule has 15 heteroatoms. The SMILES string of the molecule is O=C(CC[C@H](O)[C@@H](O)[C@H](O)[C@H](O)CO)CN1CCN(CCNC(=O)CCCCc2cc(Cl)c(COC3(c4cnccc4-c4ccccc4OC4CC4)CC3)cc2Cl)CC1. The molecule has 1 saturated heterocycles. The van der Waals surface area contributed by atoms with E-state index in [9.17, 15) is 30.0 Å². The molecule has 0 bridgehead atoms. The molecule has 6 rings (SSSR count). The van der Waals surface area contributed by atoms with Gasteiger partial charge < -0.3 is 40.3 Å². The smallest absolute Gasteiger partial charge is 0.220 e. The molecule has 3 aromatic rings. The van der Waals surface area contributed by atoms with Gasteiger partial charge in [-0.1, -0.05) is 41.4 Å². The van der Waals surface area contributed by atoms with Crippen molar-refractivity contribution in [1.82, 2.24) is 20.1 Å². The van der Waals surface area contributed by atoms with Crippen LogP contribution in [0.4, 0.5) is 0 Å². The fourth-order valence-corrected chi connectivity index (χ4v) is 8.01. The van der Waals surface area contributed by atoms with Gasteiger partial charge in [0.15, 0.2) is 0 Å². The van der Waals surface area contributed by atoms with Gasteiger partial charge in [0.25, 0.3) is 0 Å².